The van der Waals surface area contributed by atoms with Gasteiger partial charge >= 0.3 is 0 Å². The Labute approximate surface area is 182 Å². The maximum atomic E-state index is 12.9. The molecule has 0 unspecified atom stereocenters. The lowest BCUT2D eigenvalue weighted by Gasteiger charge is -2.19. The molecule has 0 aliphatic rings. The second-order valence-corrected chi connectivity index (χ2v) is 7.34. The monoisotopic (exact) mass is 421 g/mol. The lowest BCUT2D eigenvalue weighted by molar-refractivity contribution is 0.0966. The van der Waals surface area contributed by atoms with Crippen molar-refractivity contribution in [1.29, 1.82) is 0 Å². The molecule has 3 aromatic rings. The SMILES string of the molecule is CN(C)CCCOc1ccc(NC(=O)c2ccccc2N(C)C(=O)c2ccco2)cc1. The fraction of sp³-hybridized carbons (Fsp3) is 0.250. The fourth-order valence-electron chi connectivity index (χ4n) is 3.04. The van der Waals surface area contributed by atoms with Crippen LogP contribution in [0.4, 0.5) is 11.4 Å². The molecule has 7 heteroatoms. The van der Waals surface area contributed by atoms with E-state index in [-0.39, 0.29) is 17.6 Å². The van der Waals surface area contributed by atoms with E-state index in [0.29, 0.717) is 23.5 Å². The van der Waals surface area contributed by atoms with Gasteiger partial charge in [0, 0.05) is 19.3 Å². The van der Waals surface area contributed by atoms with Gasteiger partial charge in [-0.15, -0.1) is 0 Å². The molecule has 0 fully saturated rings. The Balaban J connectivity index is 1.65. The van der Waals surface area contributed by atoms with Gasteiger partial charge in [0.25, 0.3) is 11.8 Å². The van der Waals surface area contributed by atoms with Gasteiger partial charge in [-0.05, 0) is 69.0 Å². The number of nitrogens with zero attached hydrogens (tertiary/aromatic N) is 2. The number of para-hydroxylation sites is 1. The van der Waals surface area contributed by atoms with Gasteiger partial charge in [-0.25, -0.2) is 0 Å². The summed E-state index contributed by atoms with van der Waals surface area (Å²) in [6.07, 6.45) is 2.38. The number of carbonyl (C=O) groups excluding carboxylic acids is 2. The van der Waals surface area contributed by atoms with Crippen molar-refractivity contribution in [3.63, 3.8) is 0 Å². The van der Waals surface area contributed by atoms with Crippen LogP contribution in [-0.4, -0.2) is 51.0 Å². The van der Waals surface area contributed by atoms with Gasteiger partial charge in [-0.3, -0.25) is 9.59 Å². The van der Waals surface area contributed by atoms with Gasteiger partial charge < -0.3 is 24.3 Å². The molecule has 2 aromatic carbocycles. The average molecular weight is 421 g/mol. The van der Waals surface area contributed by atoms with Crippen LogP contribution in [0.1, 0.15) is 27.3 Å². The first kappa shape index (κ1) is 22.1. The summed E-state index contributed by atoms with van der Waals surface area (Å²) in [6, 6.07) is 17.4. The lowest BCUT2D eigenvalue weighted by Crippen LogP contribution is -2.28. The predicted molar refractivity (Wildman–Crippen MR) is 121 cm³/mol. The largest absolute Gasteiger partial charge is 0.494 e. The van der Waals surface area contributed by atoms with E-state index in [1.54, 1.807) is 55.6 Å². The highest BCUT2D eigenvalue weighted by atomic mass is 16.5. The van der Waals surface area contributed by atoms with Gasteiger partial charge in [0.2, 0.25) is 0 Å². The number of hydrogen-bond acceptors (Lipinski definition) is 5. The summed E-state index contributed by atoms with van der Waals surface area (Å²) in [5.74, 6) is 0.315. The number of carbonyl (C=O) groups is 2. The minimum Gasteiger partial charge on any atom is -0.494 e. The van der Waals surface area contributed by atoms with Crippen LogP contribution < -0.4 is 15.0 Å². The van der Waals surface area contributed by atoms with Gasteiger partial charge in [0.15, 0.2) is 5.76 Å². The van der Waals surface area contributed by atoms with E-state index in [1.807, 2.05) is 26.2 Å². The molecule has 162 valence electrons. The number of hydrogen-bond donors (Lipinski definition) is 1. The summed E-state index contributed by atoms with van der Waals surface area (Å²) in [5.41, 5.74) is 1.51. The number of amides is 2. The van der Waals surface area contributed by atoms with Crippen LogP contribution >= 0.6 is 0 Å². The molecular formula is C24H27N3O4. The number of anilines is 2. The van der Waals surface area contributed by atoms with Gasteiger partial charge in [-0.2, -0.15) is 0 Å². The first-order chi connectivity index (χ1) is 15.0. The molecule has 0 spiro atoms. The summed E-state index contributed by atoms with van der Waals surface area (Å²) in [5, 5.41) is 2.87. The van der Waals surface area contributed by atoms with Crippen LogP contribution in [0.15, 0.2) is 71.3 Å². The Morgan fingerprint density at radius 2 is 1.71 bits per heavy atom. The van der Waals surface area contributed by atoms with E-state index in [0.717, 1.165) is 18.7 Å². The Morgan fingerprint density at radius 1 is 0.968 bits per heavy atom. The standard InChI is InChI=1S/C24H27N3O4/c1-26(2)15-7-17-30-19-13-11-18(12-14-19)25-23(28)20-8-4-5-9-21(20)27(3)24(29)22-10-6-16-31-22/h4-6,8-14,16H,7,15,17H2,1-3H3,(H,25,28). The van der Waals surface area contributed by atoms with Gasteiger partial charge in [0.05, 0.1) is 24.1 Å². The highest BCUT2D eigenvalue weighted by molar-refractivity contribution is 6.12. The van der Waals surface area contributed by atoms with E-state index in [4.69, 9.17) is 9.15 Å². The highest BCUT2D eigenvalue weighted by Gasteiger charge is 2.21. The summed E-state index contributed by atoms with van der Waals surface area (Å²) >= 11 is 0. The van der Waals surface area contributed by atoms with Crippen LogP contribution in [0.5, 0.6) is 5.75 Å². The Bertz CT molecular complexity index is 998. The Hall–Kier alpha value is -3.58. The Kier molecular flexibility index (Phi) is 7.45. The third kappa shape index (κ3) is 5.96. The van der Waals surface area contributed by atoms with Crippen LogP contribution in [-0.2, 0) is 0 Å². The molecule has 31 heavy (non-hydrogen) atoms. The zero-order chi connectivity index (χ0) is 22.2. The second-order valence-electron chi connectivity index (χ2n) is 7.34. The second kappa shape index (κ2) is 10.4. The third-order valence-corrected chi connectivity index (χ3v) is 4.68. The molecule has 3 rings (SSSR count). The van der Waals surface area contributed by atoms with Gasteiger partial charge in [-0.1, -0.05) is 12.1 Å². The van der Waals surface area contributed by atoms with Crippen LogP contribution in [0.2, 0.25) is 0 Å². The molecule has 0 radical (unpaired) electrons. The van der Waals surface area contributed by atoms with Crippen molar-refractivity contribution in [1.82, 2.24) is 4.90 Å². The average Bonchev–Trinajstić information content (AvgIpc) is 3.31. The lowest BCUT2D eigenvalue weighted by atomic mass is 10.1. The van der Waals surface area contributed by atoms with E-state index in [1.165, 1.54) is 11.2 Å². The molecular weight excluding hydrogens is 394 g/mol. The zero-order valence-corrected chi connectivity index (χ0v) is 18.0. The summed E-state index contributed by atoms with van der Waals surface area (Å²) in [7, 11) is 5.67. The van der Waals surface area contributed by atoms with Crippen molar-refractivity contribution < 1.29 is 18.7 Å². The summed E-state index contributed by atoms with van der Waals surface area (Å²) in [6.45, 7) is 1.59. The molecule has 0 saturated heterocycles. The first-order valence-corrected chi connectivity index (χ1v) is 10.1. The molecule has 1 heterocycles. The number of rotatable bonds is 9. The summed E-state index contributed by atoms with van der Waals surface area (Å²) < 4.78 is 10.9. The minimum atomic E-state index is -0.332. The maximum absolute atomic E-state index is 12.9. The smallest absolute Gasteiger partial charge is 0.293 e. The molecule has 0 aliphatic heterocycles. The number of ether oxygens (including phenoxy) is 1. The third-order valence-electron chi connectivity index (χ3n) is 4.68. The topological polar surface area (TPSA) is 75.0 Å². The molecule has 0 saturated carbocycles. The van der Waals surface area contributed by atoms with Crippen molar-refractivity contribution in [2.24, 2.45) is 0 Å². The Morgan fingerprint density at radius 3 is 2.39 bits per heavy atom. The van der Waals surface area contributed by atoms with E-state index in [9.17, 15) is 9.59 Å². The zero-order valence-electron chi connectivity index (χ0n) is 18.0. The van der Waals surface area contributed by atoms with Crippen molar-refractivity contribution in [2.75, 3.05) is 44.5 Å². The molecule has 1 N–H and O–H groups in total. The van der Waals surface area contributed by atoms with E-state index >= 15 is 0 Å². The van der Waals surface area contributed by atoms with Crippen molar-refractivity contribution in [2.45, 2.75) is 6.42 Å². The van der Waals surface area contributed by atoms with Crippen molar-refractivity contribution >= 4 is 23.2 Å². The molecule has 1 aromatic heterocycles. The van der Waals surface area contributed by atoms with Crippen molar-refractivity contribution in [3.8, 4) is 5.75 Å². The molecule has 7 nitrogen and oxygen atoms in total. The van der Waals surface area contributed by atoms with E-state index < -0.39 is 0 Å². The number of furan rings is 1. The quantitative estimate of drug-likeness (QED) is 0.526. The highest BCUT2D eigenvalue weighted by Crippen LogP contribution is 2.23. The minimum absolute atomic E-state index is 0.207. The van der Waals surface area contributed by atoms with Crippen molar-refractivity contribution in [3.05, 3.63) is 78.3 Å². The van der Waals surface area contributed by atoms with Crippen LogP contribution in [0.25, 0.3) is 0 Å². The number of nitrogens with one attached hydrogen (secondary N) is 1. The molecule has 2 amide bonds. The van der Waals surface area contributed by atoms with Crippen LogP contribution in [0, 0.1) is 0 Å². The fourth-order valence-corrected chi connectivity index (χ4v) is 3.04. The molecule has 0 bridgehead atoms. The molecule has 0 aliphatic carbocycles. The maximum Gasteiger partial charge on any atom is 0.293 e. The van der Waals surface area contributed by atoms with Gasteiger partial charge in [0.1, 0.15) is 5.75 Å². The van der Waals surface area contributed by atoms with Crippen LogP contribution in [0.3, 0.4) is 0 Å². The number of benzene rings is 2. The molecule has 0 atom stereocenters. The summed E-state index contributed by atoms with van der Waals surface area (Å²) in [4.78, 5) is 29.0. The predicted octanol–water partition coefficient (Wildman–Crippen LogP) is 4.14. The normalized spacial score (nSPS) is 10.7. The first-order valence-electron chi connectivity index (χ1n) is 10.1. The van der Waals surface area contributed by atoms with E-state index in [2.05, 4.69) is 10.2 Å².